The fraction of sp³-hybridized carbons (Fsp3) is 0.500. The quantitative estimate of drug-likeness (QED) is 0.677. The van der Waals surface area contributed by atoms with Gasteiger partial charge in [0.15, 0.2) is 0 Å². The summed E-state index contributed by atoms with van der Waals surface area (Å²) in [4.78, 5) is 0. The maximum Gasteiger partial charge on any atom is 0.119 e. The van der Waals surface area contributed by atoms with Crippen LogP contribution >= 0.6 is 0 Å². The monoisotopic (exact) mass is 209 g/mol. The van der Waals surface area contributed by atoms with Crippen molar-refractivity contribution < 1.29 is 9.84 Å². The van der Waals surface area contributed by atoms with Crippen LogP contribution in [0.4, 0.5) is 5.69 Å². The zero-order valence-electron chi connectivity index (χ0n) is 9.20. The number of hydrogen-bond donors (Lipinski definition) is 2. The first kappa shape index (κ1) is 11.9. The van der Waals surface area contributed by atoms with Gasteiger partial charge in [-0.25, -0.2) is 0 Å². The lowest BCUT2D eigenvalue weighted by atomic mass is 10.2. The summed E-state index contributed by atoms with van der Waals surface area (Å²) < 4.78 is 5.07. The Hall–Kier alpha value is -1.22. The number of aliphatic hydroxyl groups is 1. The van der Waals surface area contributed by atoms with E-state index in [0.717, 1.165) is 37.2 Å². The molecule has 0 amide bonds. The molecule has 1 aromatic rings. The second kappa shape index (κ2) is 7.12. The zero-order valence-corrected chi connectivity index (χ0v) is 9.20. The van der Waals surface area contributed by atoms with Gasteiger partial charge in [0.2, 0.25) is 0 Å². The molecule has 0 bridgehead atoms. The summed E-state index contributed by atoms with van der Waals surface area (Å²) in [6.07, 6.45) is 3.05. The number of methoxy groups -OCH3 is 1. The highest BCUT2D eigenvalue weighted by molar-refractivity contribution is 5.46. The lowest BCUT2D eigenvalue weighted by molar-refractivity contribution is 0.283. The number of benzene rings is 1. The van der Waals surface area contributed by atoms with Crippen LogP contribution in [-0.2, 0) is 0 Å². The van der Waals surface area contributed by atoms with Gasteiger partial charge < -0.3 is 15.2 Å². The minimum Gasteiger partial charge on any atom is -0.497 e. The fourth-order valence-electron chi connectivity index (χ4n) is 1.36. The van der Waals surface area contributed by atoms with E-state index in [1.54, 1.807) is 7.11 Å². The predicted octanol–water partition coefficient (Wildman–Crippen LogP) is 2.27. The van der Waals surface area contributed by atoms with Gasteiger partial charge in [-0.2, -0.15) is 0 Å². The number of unbranched alkanes of at least 4 members (excludes halogenated alkanes) is 2. The van der Waals surface area contributed by atoms with Gasteiger partial charge >= 0.3 is 0 Å². The van der Waals surface area contributed by atoms with Crippen LogP contribution in [0.25, 0.3) is 0 Å². The molecular weight excluding hydrogens is 190 g/mol. The van der Waals surface area contributed by atoms with E-state index in [1.165, 1.54) is 0 Å². The van der Waals surface area contributed by atoms with Crippen molar-refractivity contribution in [1.29, 1.82) is 0 Å². The van der Waals surface area contributed by atoms with Crippen LogP contribution < -0.4 is 10.1 Å². The van der Waals surface area contributed by atoms with E-state index in [-0.39, 0.29) is 0 Å². The van der Waals surface area contributed by atoms with Gasteiger partial charge in [-0.3, -0.25) is 0 Å². The van der Waals surface area contributed by atoms with Gasteiger partial charge in [0, 0.05) is 18.8 Å². The minimum atomic E-state index is 0.294. The van der Waals surface area contributed by atoms with Gasteiger partial charge in [0.25, 0.3) is 0 Å². The van der Waals surface area contributed by atoms with E-state index >= 15 is 0 Å². The van der Waals surface area contributed by atoms with Crippen LogP contribution in [0.3, 0.4) is 0 Å². The molecule has 0 heterocycles. The number of rotatable bonds is 7. The van der Waals surface area contributed by atoms with Crippen molar-refractivity contribution in [3.05, 3.63) is 24.3 Å². The van der Waals surface area contributed by atoms with Crippen LogP contribution in [0.1, 0.15) is 19.3 Å². The lowest BCUT2D eigenvalue weighted by Crippen LogP contribution is -2.01. The molecule has 0 aromatic heterocycles. The van der Waals surface area contributed by atoms with Crippen molar-refractivity contribution in [2.75, 3.05) is 25.6 Å². The van der Waals surface area contributed by atoms with Crippen LogP contribution in [0.15, 0.2) is 24.3 Å². The third-order valence-corrected chi connectivity index (χ3v) is 2.25. The van der Waals surface area contributed by atoms with Gasteiger partial charge in [-0.05, 0) is 43.5 Å². The topological polar surface area (TPSA) is 41.5 Å². The molecule has 0 aliphatic carbocycles. The summed E-state index contributed by atoms with van der Waals surface area (Å²) in [6.45, 7) is 1.24. The second-order valence-corrected chi connectivity index (χ2v) is 3.44. The molecule has 1 rings (SSSR count). The zero-order chi connectivity index (χ0) is 10.9. The summed E-state index contributed by atoms with van der Waals surface area (Å²) in [6, 6.07) is 7.89. The van der Waals surface area contributed by atoms with Gasteiger partial charge in [-0.15, -0.1) is 0 Å². The number of hydrogen-bond acceptors (Lipinski definition) is 3. The number of ether oxygens (including phenoxy) is 1. The van der Waals surface area contributed by atoms with Crippen LogP contribution in [-0.4, -0.2) is 25.4 Å². The molecule has 3 nitrogen and oxygen atoms in total. The lowest BCUT2D eigenvalue weighted by Gasteiger charge is -2.06. The summed E-state index contributed by atoms with van der Waals surface area (Å²) in [7, 11) is 1.66. The molecule has 2 N–H and O–H groups in total. The third kappa shape index (κ3) is 4.70. The van der Waals surface area contributed by atoms with E-state index in [9.17, 15) is 0 Å². The van der Waals surface area contributed by atoms with E-state index in [4.69, 9.17) is 9.84 Å². The fourth-order valence-corrected chi connectivity index (χ4v) is 1.36. The van der Waals surface area contributed by atoms with Crippen molar-refractivity contribution in [2.24, 2.45) is 0 Å². The molecule has 0 radical (unpaired) electrons. The summed E-state index contributed by atoms with van der Waals surface area (Å²) >= 11 is 0. The molecule has 0 fully saturated rings. The average molecular weight is 209 g/mol. The average Bonchev–Trinajstić information content (AvgIpc) is 2.30. The predicted molar refractivity (Wildman–Crippen MR) is 62.4 cm³/mol. The maximum absolute atomic E-state index is 8.61. The molecule has 0 spiro atoms. The Kier molecular flexibility index (Phi) is 5.63. The molecule has 1 aromatic carbocycles. The molecule has 84 valence electrons. The van der Waals surface area contributed by atoms with E-state index < -0.39 is 0 Å². The van der Waals surface area contributed by atoms with E-state index in [1.807, 2.05) is 24.3 Å². The molecular formula is C12H19NO2. The molecule has 0 atom stereocenters. The minimum absolute atomic E-state index is 0.294. The van der Waals surface area contributed by atoms with Crippen molar-refractivity contribution in [1.82, 2.24) is 0 Å². The number of nitrogens with one attached hydrogen (secondary N) is 1. The molecule has 0 aliphatic rings. The third-order valence-electron chi connectivity index (χ3n) is 2.25. The first-order valence-electron chi connectivity index (χ1n) is 5.35. The Balaban J connectivity index is 2.20. The Bertz CT molecular complexity index is 259. The molecule has 0 aliphatic heterocycles. The normalized spacial score (nSPS) is 10.0. The molecule has 0 saturated carbocycles. The Labute approximate surface area is 91.1 Å². The summed E-state index contributed by atoms with van der Waals surface area (Å²) in [5, 5.41) is 11.9. The maximum atomic E-state index is 8.61. The number of aliphatic hydroxyl groups excluding tert-OH is 1. The SMILES string of the molecule is COc1ccc(NCCCCCO)cc1. The van der Waals surface area contributed by atoms with Crippen LogP contribution in [0, 0.1) is 0 Å². The first-order chi connectivity index (χ1) is 7.36. The molecule has 0 unspecified atom stereocenters. The molecule has 3 heteroatoms. The second-order valence-electron chi connectivity index (χ2n) is 3.44. The highest BCUT2D eigenvalue weighted by atomic mass is 16.5. The molecule has 15 heavy (non-hydrogen) atoms. The van der Waals surface area contributed by atoms with Crippen molar-refractivity contribution in [3.8, 4) is 5.75 Å². The van der Waals surface area contributed by atoms with E-state index in [0.29, 0.717) is 6.61 Å². The molecule has 0 saturated heterocycles. The van der Waals surface area contributed by atoms with Crippen LogP contribution in [0.2, 0.25) is 0 Å². The van der Waals surface area contributed by atoms with Crippen molar-refractivity contribution >= 4 is 5.69 Å². The standard InChI is InChI=1S/C12H19NO2/c1-15-12-7-5-11(6-8-12)13-9-3-2-4-10-14/h5-8,13-14H,2-4,9-10H2,1H3. The van der Waals surface area contributed by atoms with Gasteiger partial charge in [0.05, 0.1) is 7.11 Å². The van der Waals surface area contributed by atoms with E-state index in [2.05, 4.69) is 5.32 Å². The first-order valence-corrected chi connectivity index (χ1v) is 5.35. The van der Waals surface area contributed by atoms with Gasteiger partial charge in [0.1, 0.15) is 5.75 Å². The summed E-state index contributed by atoms with van der Waals surface area (Å²) in [5.41, 5.74) is 1.11. The highest BCUT2D eigenvalue weighted by Gasteiger charge is 1.93. The summed E-state index contributed by atoms with van der Waals surface area (Å²) in [5.74, 6) is 0.876. The highest BCUT2D eigenvalue weighted by Crippen LogP contribution is 2.14. The van der Waals surface area contributed by atoms with Gasteiger partial charge in [-0.1, -0.05) is 0 Å². The largest absolute Gasteiger partial charge is 0.497 e. The Morgan fingerprint density at radius 1 is 1.13 bits per heavy atom. The van der Waals surface area contributed by atoms with Crippen molar-refractivity contribution in [2.45, 2.75) is 19.3 Å². The smallest absolute Gasteiger partial charge is 0.119 e. The Morgan fingerprint density at radius 2 is 1.87 bits per heavy atom. The van der Waals surface area contributed by atoms with Crippen molar-refractivity contribution in [3.63, 3.8) is 0 Å². The van der Waals surface area contributed by atoms with Crippen LogP contribution in [0.5, 0.6) is 5.75 Å². The Morgan fingerprint density at radius 3 is 2.47 bits per heavy atom. The number of anilines is 1.